The van der Waals surface area contributed by atoms with Crippen molar-refractivity contribution in [1.29, 1.82) is 0 Å². The Morgan fingerprint density at radius 2 is 1.84 bits per heavy atom. The number of aliphatic hydroxyl groups is 1. The van der Waals surface area contributed by atoms with Crippen LogP contribution in [0.1, 0.15) is 28.8 Å². The van der Waals surface area contributed by atoms with Crippen LogP contribution in [0.2, 0.25) is 0 Å². The summed E-state index contributed by atoms with van der Waals surface area (Å²) in [6.45, 7) is 3.65. The second-order valence-electron chi connectivity index (χ2n) is 6.42. The zero-order valence-corrected chi connectivity index (χ0v) is 14.7. The molecule has 0 spiro atoms. The summed E-state index contributed by atoms with van der Waals surface area (Å²) < 4.78 is 5.30. The van der Waals surface area contributed by atoms with Gasteiger partial charge in [0.25, 0.3) is 5.91 Å². The fourth-order valence-corrected chi connectivity index (χ4v) is 3.06. The van der Waals surface area contributed by atoms with Crippen molar-refractivity contribution in [3.8, 4) is 5.75 Å². The normalized spacial score (nSPS) is 15.1. The van der Waals surface area contributed by atoms with Crippen LogP contribution in [0.15, 0.2) is 42.5 Å². The van der Waals surface area contributed by atoms with Crippen molar-refractivity contribution in [2.75, 3.05) is 30.4 Å². The molecular weight excluding hydrogens is 316 g/mol. The van der Waals surface area contributed by atoms with Gasteiger partial charge < -0.3 is 20.1 Å². The van der Waals surface area contributed by atoms with Crippen LogP contribution >= 0.6 is 0 Å². The molecule has 5 heteroatoms. The third kappa shape index (κ3) is 4.12. The van der Waals surface area contributed by atoms with Gasteiger partial charge in [0.15, 0.2) is 0 Å². The van der Waals surface area contributed by atoms with Crippen LogP contribution in [0.4, 0.5) is 11.4 Å². The molecule has 1 heterocycles. The van der Waals surface area contributed by atoms with E-state index >= 15 is 0 Å². The second kappa shape index (κ2) is 7.57. The molecular formula is C20H24N2O3. The van der Waals surface area contributed by atoms with E-state index in [4.69, 9.17) is 4.74 Å². The summed E-state index contributed by atoms with van der Waals surface area (Å²) in [7, 11) is 1.59. The highest BCUT2D eigenvalue weighted by molar-refractivity contribution is 6.05. The number of hydrogen-bond acceptors (Lipinski definition) is 4. The van der Waals surface area contributed by atoms with E-state index in [0.717, 1.165) is 37.2 Å². The quantitative estimate of drug-likeness (QED) is 0.897. The molecule has 0 unspecified atom stereocenters. The highest BCUT2D eigenvalue weighted by atomic mass is 16.5. The highest BCUT2D eigenvalue weighted by Crippen LogP contribution is 2.26. The number of carbonyl (C=O) groups is 1. The van der Waals surface area contributed by atoms with Crippen molar-refractivity contribution >= 4 is 17.3 Å². The average molecular weight is 340 g/mol. The van der Waals surface area contributed by atoms with Gasteiger partial charge >= 0.3 is 0 Å². The lowest BCUT2D eigenvalue weighted by atomic mass is 10.1. The van der Waals surface area contributed by atoms with Crippen LogP contribution in [-0.2, 0) is 0 Å². The van der Waals surface area contributed by atoms with Crippen LogP contribution in [0, 0.1) is 6.92 Å². The Hall–Kier alpha value is -2.53. The molecule has 0 saturated carbocycles. The van der Waals surface area contributed by atoms with Crippen LogP contribution in [0.25, 0.3) is 0 Å². The highest BCUT2D eigenvalue weighted by Gasteiger charge is 2.17. The van der Waals surface area contributed by atoms with Crippen molar-refractivity contribution in [2.45, 2.75) is 25.9 Å². The summed E-state index contributed by atoms with van der Waals surface area (Å²) >= 11 is 0. The number of ether oxygens (including phenoxy) is 1. The Labute approximate surface area is 148 Å². The van der Waals surface area contributed by atoms with Gasteiger partial charge in [-0.05, 0) is 61.7 Å². The number of aliphatic hydroxyl groups excluding tert-OH is 1. The summed E-state index contributed by atoms with van der Waals surface area (Å²) in [4.78, 5) is 14.7. The second-order valence-corrected chi connectivity index (χ2v) is 6.42. The summed E-state index contributed by atoms with van der Waals surface area (Å²) in [5, 5.41) is 12.5. The van der Waals surface area contributed by atoms with Gasteiger partial charge in [-0.2, -0.15) is 0 Å². The van der Waals surface area contributed by atoms with Gasteiger partial charge in [-0.25, -0.2) is 0 Å². The first-order valence-electron chi connectivity index (χ1n) is 8.56. The number of nitrogens with one attached hydrogen (secondary N) is 1. The van der Waals surface area contributed by atoms with Crippen molar-refractivity contribution < 1.29 is 14.6 Å². The number of aryl methyl sites for hydroxylation is 1. The maximum absolute atomic E-state index is 12.5. The topological polar surface area (TPSA) is 61.8 Å². The van der Waals surface area contributed by atoms with Crippen LogP contribution < -0.4 is 15.0 Å². The number of piperidine rings is 1. The molecule has 3 rings (SSSR count). The van der Waals surface area contributed by atoms with Crippen LogP contribution in [0.3, 0.4) is 0 Å². The van der Waals surface area contributed by atoms with Crippen molar-refractivity contribution in [1.82, 2.24) is 0 Å². The first kappa shape index (κ1) is 17.3. The summed E-state index contributed by atoms with van der Waals surface area (Å²) in [5.41, 5.74) is 3.40. The minimum absolute atomic E-state index is 0.162. The molecule has 2 aromatic rings. The van der Waals surface area contributed by atoms with E-state index in [-0.39, 0.29) is 12.0 Å². The standard InChI is InChI=1S/C20H24N2O3/c1-14-3-8-19(25-2)18(13-14)21-20(24)15-4-6-16(7-5-15)22-11-9-17(23)10-12-22/h3-8,13,17,23H,9-12H2,1-2H3,(H,21,24). The number of nitrogens with zero attached hydrogens (tertiary/aromatic N) is 1. The SMILES string of the molecule is COc1ccc(C)cc1NC(=O)c1ccc(N2CCC(O)CC2)cc1. The molecule has 25 heavy (non-hydrogen) atoms. The number of hydrogen-bond donors (Lipinski definition) is 2. The third-order valence-corrected chi connectivity index (χ3v) is 4.56. The number of anilines is 2. The Kier molecular flexibility index (Phi) is 5.24. The predicted octanol–water partition coefficient (Wildman–Crippen LogP) is 3.22. The van der Waals surface area contributed by atoms with Crippen LogP contribution in [0.5, 0.6) is 5.75 Å². The maximum atomic E-state index is 12.5. The number of benzene rings is 2. The lowest BCUT2D eigenvalue weighted by Gasteiger charge is -2.31. The molecule has 0 bridgehead atoms. The molecule has 0 atom stereocenters. The lowest BCUT2D eigenvalue weighted by Crippen LogP contribution is -2.35. The third-order valence-electron chi connectivity index (χ3n) is 4.56. The summed E-state index contributed by atoms with van der Waals surface area (Å²) in [5.74, 6) is 0.479. The van der Waals surface area contributed by atoms with Gasteiger partial charge in [0.2, 0.25) is 0 Å². The monoisotopic (exact) mass is 340 g/mol. The van der Waals surface area contributed by atoms with E-state index in [0.29, 0.717) is 17.0 Å². The fourth-order valence-electron chi connectivity index (χ4n) is 3.06. The van der Waals surface area contributed by atoms with E-state index in [1.54, 1.807) is 7.11 Å². The van der Waals surface area contributed by atoms with E-state index < -0.39 is 0 Å². The predicted molar refractivity (Wildman–Crippen MR) is 99.6 cm³/mol. The molecule has 1 amide bonds. The van der Waals surface area contributed by atoms with Gasteiger partial charge in [0.1, 0.15) is 5.75 Å². The Morgan fingerprint density at radius 1 is 1.16 bits per heavy atom. The number of methoxy groups -OCH3 is 1. The molecule has 0 radical (unpaired) electrons. The Morgan fingerprint density at radius 3 is 2.48 bits per heavy atom. The number of carbonyl (C=O) groups excluding carboxylic acids is 1. The van der Waals surface area contributed by atoms with E-state index in [1.807, 2.05) is 49.4 Å². The van der Waals surface area contributed by atoms with Crippen LogP contribution in [-0.4, -0.2) is 37.3 Å². The van der Waals surface area contributed by atoms with E-state index in [2.05, 4.69) is 10.2 Å². The fraction of sp³-hybridized carbons (Fsp3) is 0.350. The molecule has 0 aliphatic carbocycles. The van der Waals surface area contributed by atoms with Gasteiger partial charge in [-0.3, -0.25) is 4.79 Å². The lowest BCUT2D eigenvalue weighted by molar-refractivity contribution is 0.102. The molecule has 5 nitrogen and oxygen atoms in total. The zero-order chi connectivity index (χ0) is 17.8. The molecule has 0 aromatic heterocycles. The zero-order valence-electron chi connectivity index (χ0n) is 14.7. The summed E-state index contributed by atoms with van der Waals surface area (Å²) in [6.07, 6.45) is 1.38. The van der Waals surface area contributed by atoms with Gasteiger partial charge in [-0.1, -0.05) is 6.07 Å². The number of rotatable bonds is 4. The smallest absolute Gasteiger partial charge is 0.255 e. The van der Waals surface area contributed by atoms with Crippen molar-refractivity contribution in [3.63, 3.8) is 0 Å². The molecule has 132 valence electrons. The van der Waals surface area contributed by atoms with E-state index in [1.165, 1.54) is 0 Å². The van der Waals surface area contributed by atoms with Crippen molar-refractivity contribution in [2.24, 2.45) is 0 Å². The Balaban J connectivity index is 1.70. The minimum Gasteiger partial charge on any atom is -0.495 e. The Bertz CT molecular complexity index is 735. The largest absolute Gasteiger partial charge is 0.495 e. The van der Waals surface area contributed by atoms with Gasteiger partial charge in [0.05, 0.1) is 18.9 Å². The van der Waals surface area contributed by atoms with Crippen molar-refractivity contribution in [3.05, 3.63) is 53.6 Å². The molecule has 1 fully saturated rings. The summed E-state index contributed by atoms with van der Waals surface area (Å²) in [6, 6.07) is 13.3. The minimum atomic E-state index is -0.189. The molecule has 1 aliphatic heterocycles. The van der Waals surface area contributed by atoms with Gasteiger partial charge in [-0.15, -0.1) is 0 Å². The maximum Gasteiger partial charge on any atom is 0.255 e. The first-order chi connectivity index (χ1) is 12.1. The number of amides is 1. The average Bonchev–Trinajstić information content (AvgIpc) is 2.63. The van der Waals surface area contributed by atoms with Gasteiger partial charge in [0, 0.05) is 24.3 Å². The molecule has 2 aromatic carbocycles. The molecule has 2 N–H and O–H groups in total. The molecule has 1 saturated heterocycles. The first-order valence-corrected chi connectivity index (χ1v) is 8.56. The van der Waals surface area contributed by atoms with E-state index in [9.17, 15) is 9.90 Å². The molecule has 1 aliphatic rings.